The highest BCUT2D eigenvalue weighted by atomic mass is 79.9. The second kappa shape index (κ2) is 8.64. The minimum atomic E-state index is -0.191. The zero-order valence-electron chi connectivity index (χ0n) is 14.7. The maximum Gasteiger partial charge on any atom is 0.260 e. The highest BCUT2D eigenvalue weighted by Crippen LogP contribution is 2.33. The van der Waals surface area contributed by atoms with Crippen LogP contribution in [-0.4, -0.2) is 18.0 Å². The minimum Gasteiger partial charge on any atom is -0.493 e. The molecule has 26 heavy (non-hydrogen) atoms. The average Bonchev–Trinajstić information content (AvgIpc) is 2.97. The van der Waals surface area contributed by atoms with Crippen molar-refractivity contribution in [3.63, 3.8) is 0 Å². The largest absolute Gasteiger partial charge is 0.493 e. The molecule has 1 atom stereocenters. The first-order valence-electron chi connectivity index (χ1n) is 8.56. The Hall–Kier alpha value is -1.92. The van der Waals surface area contributed by atoms with Crippen molar-refractivity contribution in [3.05, 3.63) is 63.0 Å². The highest BCUT2D eigenvalue weighted by Gasteiger charge is 2.27. The zero-order chi connectivity index (χ0) is 18.5. The van der Waals surface area contributed by atoms with Crippen LogP contribution in [0.25, 0.3) is 6.08 Å². The van der Waals surface area contributed by atoms with Crippen LogP contribution in [0.2, 0.25) is 0 Å². The van der Waals surface area contributed by atoms with Crippen molar-refractivity contribution in [1.82, 2.24) is 5.32 Å². The lowest BCUT2D eigenvalue weighted by molar-refractivity contribution is -0.116. The van der Waals surface area contributed by atoms with Crippen LogP contribution in [0.4, 0.5) is 5.69 Å². The topological polar surface area (TPSA) is 50.4 Å². The molecule has 1 aliphatic rings. The van der Waals surface area contributed by atoms with Crippen LogP contribution in [0.15, 0.2) is 51.8 Å². The van der Waals surface area contributed by atoms with Gasteiger partial charge < -0.3 is 15.4 Å². The molecule has 6 heteroatoms. The van der Waals surface area contributed by atoms with Gasteiger partial charge in [0, 0.05) is 15.7 Å². The van der Waals surface area contributed by atoms with E-state index in [4.69, 9.17) is 4.74 Å². The number of nitrogens with one attached hydrogen (secondary N) is 2. The third-order valence-electron chi connectivity index (χ3n) is 3.95. The number of amides is 1. The van der Waals surface area contributed by atoms with Gasteiger partial charge in [0.1, 0.15) is 5.75 Å². The maximum absolute atomic E-state index is 12.3. The molecule has 136 valence electrons. The number of benzene rings is 2. The first kappa shape index (κ1) is 18.9. The molecule has 0 aliphatic carbocycles. The van der Waals surface area contributed by atoms with E-state index in [0.717, 1.165) is 27.9 Å². The molecule has 4 nitrogen and oxygen atoms in total. The van der Waals surface area contributed by atoms with Crippen LogP contribution in [0, 0.1) is 0 Å². The molecule has 0 radical (unpaired) electrons. The first-order chi connectivity index (χ1) is 12.6. The number of aryl methyl sites for hydroxylation is 1. The van der Waals surface area contributed by atoms with E-state index < -0.39 is 0 Å². The Kier molecular flexibility index (Phi) is 6.27. The molecule has 0 aromatic heterocycles. The van der Waals surface area contributed by atoms with Crippen molar-refractivity contribution in [2.45, 2.75) is 25.8 Å². The Morgan fingerprint density at radius 1 is 1.23 bits per heavy atom. The van der Waals surface area contributed by atoms with Gasteiger partial charge in [-0.25, -0.2) is 0 Å². The third kappa shape index (κ3) is 4.62. The number of hydrogen-bond donors (Lipinski definition) is 2. The normalized spacial score (nSPS) is 18.0. The van der Waals surface area contributed by atoms with Gasteiger partial charge in [-0.3, -0.25) is 4.79 Å². The molecule has 1 aliphatic heterocycles. The standard InChI is InChI=1S/C20H21BrN2O2S/c1-3-13-5-8-16(9-6-13)22-20-23-19(24)18(26-20)12-14-11-15(21)7-10-17(14)25-4-2/h5-12,20,22H,3-4H2,1-2H3,(H,23,24)/b18-12-/t20-/m1/s1. The molecule has 2 aromatic carbocycles. The quantitative estimate of drug-likeness (QED) is 0.629. The summed E-state index contributed by atoms with van der Waals surface area (Å²) in [4.78, 5) is 13.0. The van der Waals surface area contributed by atoms with Crippen molar-refractivity contribution in [3.8, 4) is 5.75 Å². The van der Waals surface area contributed by atoms with Crippen molar-refractivity contribution < 1.29 is 9.53 Å². The number of carbonyl (C=O) groups excluding carboxylic acids is 1. The molecule has 1 fully saturated rings. The number of halogens is 1. The van der Waals surface area contributed by atoms with E-state index in [-0.39, 0.29) is 11.4 Å². The number of carbonyl (C=O) groups is 1. The Bertz CT molecular complexity index is 821. The van der Waals surface area contributed by atoms with Crippen LogP contribution >= 0.6 is 27.7 Å². The number of thioether (sulfide) groups is 1. The van der Waals surface area contributed by atoms with Crippen molar-refractivity contribution in [2.75, 3.05) is 11.9 Å². The number of hydrogen-bond acceptors (Lipinski definition) is 4. The minimum absolute atomic E-state index is 0.0832. The summed E-state index contributed by atoms with van der Waals surface area (Å²) in [5, 5.41) is 6.30. The molecule has 0 bridgehead atoms. The van der Waals surface area contributed by atoms with E-state index in [0.29, 0.717) is 11.5 Å². The fourth-order valence-corrected chi connectivity index (χ4v) is 3.97. The number of anilines is 1. The molecule has 0 saturated carbocycles. The van der Waals surface area contributed by atoms with E-state index in [9.17, 15) is 4.79 Å². The van der Waals surface area contributed by atoms with Gasteiger partial charge in [-0.05, 0) is 55.3 Å². The van der Waals surface area contributed by atoms with E-state index >= 15 is 0 Å². The van der Waals surface area contributed by atoms with Gasteiger partial charge in [-0.15, -0.1) is 0 Å². The maximum atomic E-state index is 12.3. The smallest absolute Gasteiger partial charge is 0.260 e. The average molecular weight is 433 g/mol. The van der Waals surface area contributed by atoms with Crippen LogP contribution in [0.5, 0.6) is 5.75 Å². The zero-order valence-corrected chi connectivity index (χ0v) is 17.1. The molecule has 2 N–H and O–H groups in total. The predicted octanol–water partition coefficient (Wildman–Crippen LogP) is 5.01. The van der Waals surface area contributed by atoms with Crippen molar-refractivity contribution >= 4 is 45.4 Å². The SMILES string of the molecule is CCOc1ccc(Br)cc1/C=C1\S[C@H](Nc2ccc(CC)cc2)NC1=O. The van der Waals surface area contributed by atoms with Gasteiger partial charge in [0.25, 0.3) is 5.91 Å². The molecule has 0 spiro atoms. The number of rotatable bonds is 6. The lowest BCUT2D eigenvalue weighted by Gasteiger charge is -2.13. The van der Waals surface area contributed by atoms with E-state index in [1.54, 1.807) is 0 Å². The Balaban J connectivity index is 1.75. The molecular formula is C20H21BrN2O2S. The van der Waals surface area contributed by atoms with Crippen LogP contribution < -0.4 is 15.4 Å². The Morgan fingerprint density at radius 2 is 2.00 bits per heavy atom. The summed E-state index contributed by atoms with van der Waals surface area (Å²) < 4.78 is 6.61. The summed E-state index contributed by atoms with van der Waals surface area (Å²) in [6, 6.07) is 14.0. The predicted molar refractivity (Wildman–Crippen MR) is 112 cm³/mol. The summed E-state index contributed by atoms with van der Waals surface area (Å²) in [5.74, 6) is 0.684. The summed E-state index contributed by atoms with van der Waals surface area (Å²) >= 11 is 4.94. The fraction of sp³-hybridized carbons (Fsp3) is 0.250. The second-order valence-electron chi connectivity index (χ2n) is 5.79. The van der Waals surface area contributed by atoms with Crippen molar-refractivity contribution in [2.24, 2.45) is 0 Å². The molecule has 3 rings (SSSR count). The van der Waals surface area contributed by atoms with E-state index in [1.165, 1.54) is 17.3 Å². The summed E-state index contributed by atoms with van der Waals surface area (Å²) in [6.07, 6.45) is 2.88. The van der Waals surface area contributed by atoms with E-state index in [2.05, 4.69) is 45.6 Å². The molecule has 1 heterocycles. The van der Waals surface area contributed by atoms with Gasteiger partial charge in [0.05, 0.1) is 11.5 Å². The lowest BCUT2D eigenvalue weighted by atomic mass is 10.1. The van der Waals surface area contributed by atoms with Gasteiger partial charge in [0.2, 0.25) is 0 Å². The van der Waals surface area contributed by atoms with Crippen LogP contribution in [0.3, 0.4) is 0 Å². The van der Waals surface area contributed by atoms with Gasteiger partial charge in [-0.1, -0.05) is 46.7 Å². The number of ether oxygens (including phenoxy) is 1. The van der Waals surface area contributed by atoms with Crippen LogP contribution in [-0.2, 0) is 11.2 Å². The Morgan fingerprint density at radius 3 is 2.69 bits per heavy atom. The third-order valence-corrected chi connectivity index (χ3v) is 5.47. The summed E-state index contributed by atoms with van der Waals surface area (Å²) in [5.41, 5.74) is 2.96. The van der Waals surface area contributed by atoms with Crippen LogP contribution in [0.1, 0.15) is 25.0 Å². The summed E-state index contributed by atoms with van der Waals surface area (Å²) in [6.45, 7) is 4.65. The van der Waals surface area contributed by atoms with Gasteiger partial charge in [0.15, 0.2) is 5.50 Å². The van der Waals surface area contributed by atoms with Gasteiger partial charge >= 0.3 is 0 Å². The van der Waals surface area contributed by atoms with Crippen molar-refractivity contribution in [1.29, 1.82) is 0 Å². The second-order valence-corrected chi connectivity index (χ2v) is 7.85. The molecule has 1 saturated heterocycles. The van der Waals surface area contributed by atoms with Gasteiger partial charge in [-0.2, -0.15) is 0 Å². The molecule has 0 unspecified atom stereocenters. The fourth-order valence-electron chi connectivity index (χ4n) is 2.61. The summed E-state index contributed by atoms with van der Waals surface area (Å²) in [7, 11) is 0. The molecule has 2 aromatic rings. The highest BCUT2D eigenvalue weighted by molar-refractivity contribution is 9.10. The molecular weight excluding hydrogens is 412 g/mol. The van der Waals surface area contributed by atoms with E-state index in [1.807, 2.05) is 43.3 Å². The molecule has 1 amide bonds. The first-order valence-corrected chi connectivity index (χ1v) is 10.2. The Labute approximate surface area is 166 Å². The lowest BCUT2D eigenvalue weighted by Crippen LogP contribution is -2.30. The monoisotopic (exact) mass is 432 g/mol.